The zero-order chi connectivity index (χ0) is 18.9. The molecule has 24 heavy (non-hydrogen) atoms. The number of hydrazine groups is 1. The predicted molar refractivity (Wildman–Crippen MR) is 83.2 cm³/mol. The Morgan fingerprint density at radius 1 is 1.17 bits per heavy atom. The molecule has 4 amide bonds. The molecule has 0 fully saturated rings. The van der Waals surface area contributed by atoms with Gasteiger partial charge >= 0.3 is 6.09 Å². The fourth-order valence-corrected chi connectivity index (χ4v) is 1.58. The maximum Gasteiger partial charge on any atom is 0.430 e. The van der Waals surface area contributed by atoms with Crippen molar-refractivity contribution in [3.8, 4) is 0 Å². The minimum absolute atomic E-state index is 0.0256. The van der Waals surface area contributed by atoms with Crippen LogP contribution in [0.3, 0.4) is 0 Å². The lowest BCUT2D eigenvalue weighted by Crippen LogP contribution is -2.55. The lowest BCUT2D eigenvalue weighted by molar-refractivity contribution is -0.161. The minimum atomic E-state index is -1.02. The second-order valence-corrected chi connectivity index (χ2v) is 5.69. The van der Waals surface area contributed by atoms with Gasteiger partial charge in [-0.05, 0) is 26.3 Å². The van der Waals surface area contributed by atoms with Gasteiger partial charge in [-0.2, -0.15) is 10.0 Å². The van der Waals surface area contributed by atoms with E-state index >= 15 is 0 Å². The van der Waals surface area contributed by atoms with Crippen LogP contribution in [0.15, 0.2) is 5.11 Å². The smallest absolute Gasteiger partial charge is 0.430 e. The molecule has 0 aliphatic heterocycles. The molecular formula is C13H22N6O5. The Kier molecular flexibility index (Phi) is 8.26. The van der Waals surface area contributed by atoms with Gasteiger partial charge in [0.2, 0.25) is 17.7 Å². The topological polar surface area (TPSA) is 145 Å². The van der Waals surface area contributed by atoms with Crippen LogP contribution in [0, 0.1) is 0 Å². The van der Waals surface area contributed by atoms with Gasteiger partial charge in [-0.3, -0.25) is 14.4 Å². The molecule has 0 aromatic rings. The summed E-state index contributed by atoms with van der Waals surface area (Å²) in [6.45, 7) is 6.45. The maximum atomic E-state index is 12.2. The second-order valence-electron chi connectivity index (χ2n) is 5.69. The number of hydrogen-bond acceptors (Lipinski definition) is 6. The van der Waals surface area contributed by atoms with E-state index in [0.717, 1.165) is 13.8 Å². The van der Waals surface area contributed by atoms with Gasteiger partial charge in [0.1, 0.15) is 12.1 Å². The summed E-state index contributed by atoms with van der Waals surface area (Å²) in [6, 6.07) is 0. The van der Waals surface area contributed by atoms with E-state index in [-0.39, 0.29) is 13.1 Å². The summed E-state index contributed by atoms with van der Waals surface area (Å²) in [5, 5.41) is 6.79. The highest BCUT2D eigenvalue weighted by molar-refractivity contribution is 5.95. The molecule has 1 N–H and O–H groups in total. The van der Waals surface area contributed by atoms with Crippen molar-refractivity contribution >= 4 is 23.8 Å². The summed E-state index contributed by atoms with van der Waals surface area (Å²) in [5.41, 5.74) is 7.26. The van der Waals surface area contributed by atoms with Gasteiger partial charge < -0.3 is 10.1 Å². The van der Waals surface area contributed by atoms with Crippen LogP contribution in [0.1, 0.15) is 34.6 Å². The van der Waals surface area contributed by atoms with E-state index in [1.165, 1.54) is 0 Å². The molecule has 0 heterocycles. The van der Waals surface area contributed by atoms with Crippen LogP contribution in [-0.4, -0.2) is 59.1 Å². The largest absolute Gasteiger partial charge is 0.442 e. The average Bonchev–Trinajstić information content (AvgIpc) is 2.40. The van der Waals surface area contributed by atoms with Crippen LogP contribution in [0.2, 0.25) is 0 Å². The first-order valence-electron chi connectivity index (χ1n) is 7.09. The Morgan fingerprint density at radius 2 is 1.71 bits per heavy atom. The van der Waals surface area contributed by atoms with Crippen LogP contribution in [0.5, 0.6) is 0 Å². The van der Waals surface area contributed by atoms with Crippen molar-refractivity contribution in [2.45, 2.75) is 40.2 Å². The van der Waals surface area contributed by atoms with E-state index in [0.29, 0.717) is 10.0 Å². The quantitative estimate of drug-likeness (QED) is 0.260. The van der Waals surface area contributed by atoms with Gasteiger partial charge in [-0.25, -0.2) is 4.79 Å². The molecular weight excluding hydrogens is 320 g/mol. The third-order valence-corrected chi connectivity index (χ3v) is 2.33. The normalized spacial score (nSPS) is 10.2. The number of hydrogen-bond donors (Lipinski definition) is 1. The standard InChI is InChI=1S/C13H22N6O5/c1-9(20)19(10(2)21)18(12(23)24-13(3,4)5)8-11(22)15-6-7-16-17-14/h6-8H2,1-5H3,(H,15,22). The first kappa shape index (κ1) is 21.2. The number of imide groups is 1. The van der Waals surface area contributed by atoms with E-state index in [1.54, 1.807) is 20.8 Å². The van der Waals surface area contributed by atoms with Crippen molar-refractivity contribution in [3.63, 3.8) is 0 Å². The van der Waals surface area contributed by atoms with E-state index in [4.69, 9.17) is 10.3 Å². The zero-order valence-electron chi connectivity index (χ0n) is 14.4. The number of nitrogens with zero attached hydrogens (tertiary/aromatic N) is 5. The molecule has 134 valence electrons. The number of rotatable bonds is 5. The van der Waals surface area contributed by atoms with Crippen molar-refractivity contribution in [1.29, 1.82) is 0 Å². The molecule has 0 aromatic carbocycles. The van der Waals surface area contributed by atoms with Gasteiger partial charge in [0, 0.05) is 31.8 Å². The monoisotopic (exact) mass is 342 g/mol. The van der Waals surface area contributed by atoms with Gasteiger partial charge in [0.25, 0.3) is 0 Å². The molecule has 0 spiro atoms. The molecule has 0 aliphatic rings. The molecule has 11 nitrogen and oxygen atoms in total. The third-order valence-electron chi connectivity index (χ3n) is 2.33. The number of ether oxygens (including phenoxy) is 1. The molecule has 0 bridgehead atoms. The SMILES string of the molecule is CC(=O)N(C(C)=O)N(CC(=O)NCCN=[N+]=[N-])C(=O)OC(C)(C)C. The summed E-state index contributed by atoms with van der Waals surface area (Å²) in [6.07, 6.45) is -1.02. The molecule has 0 aromatic heterocycles. The average molecular weight is 342 g/mol. The summed E-state index contributed by atoms with van der Waals surface area (Å²) in [5.74, 6) is -2.13. The predicted octanol–water partition coefficient (Wildman–Crippen LogP) is 0.960. The van der Waals surface area contributed by atoms with Crippen molar-refractivity contribution in [3.05, 3.63) is 10.4 Å². The first-order chi connectivity index (χ1) is 11.0. The Labute approximate surface area is 139 Å². The fourth-order valence-electron chi connectivity index (χ4n) is 1.58. The van der Waals surface area contributed by atoms with Gasteiger partial charge in [0.15, 0.2) is 0 Å². The molecule has 0 radical (unpaired) electrons. The van der Waals surface area contributed by atoms with E-state index < -0.39 is 36.0 Å². The van der Waals surface area contributed by atoms with Gasteiger partial charge in [-0.15, -0.1) is 0 Å². The van der Waals surface area contributed by atoms with Crippen LogP contribution < -0.4 is 5.32 Å². The Morgan fingerprint density at radius 3 is 2.12 bits per heavy atom. The summed E-state index contributed by atoms with van der Waals surface area (Å²) in [4.78, 5) is 49.9. The highest BCUT2D eigenvalue weighted by Crippen LogP contribution is 2.12. The van der Waals surface area contributed by atoms with Gasteiger partial charge in [-0.1, -0.05) is 5.11 Å². The number of carbonyl (C=O) groups is 4. The number of amides is 4. The Balaban J connectivity index is 5.21. The Hall–Kier alpha value is -2.81. The van der Waals surface area contributed by atoms with E-state index in [2.05, 4.69) is 15.3 Å². The highest BCUT2D eigenvalue weighted by atomic mass is 16.6. The zero-order valence-corrected chi connectivity index (χ0v) is 14.4. The molecule has 0 saturated heterocycles. The lowest BCUT2D eigenvalue weighted by Gasteiger charge is -2.32. The Bertz CT molecular complexity index is 536. The third kappa shape index (κ3) is 7.99. The molecule has 0 atom stereocenters. The van der Waals surface area contributed by atoms with Gasteiger partial charge in [0.05, 0.1) is 0 Å². The van der Waals surface area contributed by atoms with Crippen LogP contribution in [-0.2, 0) is 19.1 Å². The van der Waals surface area contributed by atoms with Crippen LogP contribution in [0.4, 0.5) is 4.79 Å². The van der Waals surface area contributed by atoms with E-state index in [9.17, 15) is 19.2 Å². The minimum Gasteiger partial charge on any atom is -0.442 e. The number of azide groups is 1. The fraction of sp³-hybridized carbons (Fsp3) is 0.692. The lowest BCUT2D eigenvalue weighted by atomic mass is 10.2. The molecule has 11 heteroatoms. The van der Waals surface area contributed by atoms with Crippen LogP contribution in [0.25, 0.3) is 10.4 Å². The van der Waals surface area contributed by atoms with Crippen LogP contribution >= 0.6 is 0 Å². The molecule has 0 aliphatic carbocycles. The summed E-state index contributed by atoms with van der Waals surface area (Å²) >= 11 is 0. The highest BCUT2D eigenvalue weighted by Gasteiger charge is 2.32. The van der Waals surface area contributed by atoms with Crippen molar-refractivity contribution in [2.24, 2.45) is 5.11 Å². The van der Waals surface area contributed by atoms with E-state index in [1.807, 2.05) is 0 Å². The maximum absolute atomic E-state index is 12.2. The van der Waals surface area contributed by atoms with Crippen molar-refractivity contribution in [2.75, 3.05) is 19.6 Å². The molecule has 0 saturated carbocycles. The number of carbonyl (C=O) groups excluding carboxylic acids is 4. The summed E-state index contributed by atoms with van der Waals surface area (Å²) < 4.78 is 5.12. The second kappa shape index (κ2) is 9.36. The summed E-state index contributed by atoms with van der Waals surface area (Å²) in [7, 11) is 0. The first-order valence-corrected chi connectivity index (χ1v) is 7.09. The molecule has 0 unspecified atom stereocenters. The van der Waals surface area contributed by atoms with Crippen molar-refractivity contribution in [1.82, 2.24) is 15.3 Å². The van der Waals surface area contributed by atoms with Crippen molar-refractivity contribution < 1.29 is 23.9 Å². The molecule has 0 rings (SSSR count). The number of nitrogens with one attached hydrogen (secondary N) is 1.